The summed E-state index contributed by atoms with van der Waals surface area (Å²) < 4.78 is 19.4. The maximum atomic E-state index is 14.4. The third kappa shape index (κ3) is 4.40. The van der Waals surface area contributed by atoms with Gasteiger partial charge in [-0.05, 0) is 26.3 Å². The summed E-state index contributed by atoms with van der Waals surface area (Å²) >= 11 is 0. The summed E-state index contributed by atoms with van der Waals surface area (Å²) in [6.45, 7) is 3.25. The molecule has 1 heterocycles. The van der Waals surface area contributed by atoms with Crippen LogP contribution in [0, 0.1) is 12.7 Å². The van der Waals surface area contributed by atoms with Gasteiger partial charge in [0.2, 0.25) is 0 Å². The number of hydrogen-bond donors (Lipinski definition) is 3. The molecule has 0 atom stereocenters. The summed E-state index contributed by atoms with van der Waals surface area (Å²) in [6.07, 6.45) is 0.289. The number of esters is 1. The van der Waals surface area contributed by atoms with Gasteiger partial charge in [0.1, 0.15) is 11.5 Å². The zero-order chi connectivity index (χ0) is 20.0. The van der Waals surface area contributed by atoms with Crippen LogP contribution in [0.3, 0.4) is 0 Å². The molecule has 0 radical (unpaired) electrons. The van der Waals surface area contributed by atoms with Crippen LogP contribution in [0.5, 0.6) is 0 Å². The van der Waals surface area contributed by atoms with Gasteiger partial charge in [0.05, 0.1) is 12.2 Å². The van der Waals surface area contributed by atoms with Gasteiger partial charge in [0.25, 0.3) is 11.7 Å². The van der Waals surface area contributed by atoms with Gasteiger partial charge in [0.15, 0.2) is 0 Å². The standard InChI is InChI=1S/C19H21FN2O5/c1-3-27-19(26)14-11(2)22-16(17(24)18(25)21-9-6-10-23)15(14)12-7-4-5-8-13(12)20/h4-5,7-8,22-23H,3,6,9-10H2,1-2H3,(H,21,25). The normalized spacial score (nSPS) is 10.5. The Bertz CT molecular complexity index is 860. The van der Waals surface area contributed by atoms with E-state index in [-0.39, 0.29) is 48.6 Å². The fraction of sp³-hybridized carbons (Fsp3) is 0.316. The average molecular weight is 376 g/mol. The highest BCUT2D eigenvalue weighted by atomic mass is 19.1. The molecule has 3 N–H and O–H groups in total. The SMILES string of the molecule is CCOC(=O)c1c(C)[nH]c(C(=O)C(=O)NCCCO)c1-c1ccccc1F. The van der Waals surface area contributed by atoms with Crippen LogP contribution in [0.4, 0.5) is 4.39 Å². The maximum absolute atomic E-state index is 14.4. The van der Waals surface area contributed by atoms with Crippen LogP contribution in [-0.4, -0.2) is 47.5 Å². The smallest absolute Gasteiger partial charge is 0.340 e. The van der Waals surface area contributed by atoms with Gasteiger partial charge in [-0.3, -0.25) is 9.59 Å². The number of benzene rings is 1. The number of ketones is 1. The topological polar surface area (TPSA) is 108 Å². The zero-order valence-corrected chi connectivity index (χ0v) is 15.1. The highest BCUT2D eigenvalue weighted by Gasteiger charge is 2.30. The number of aliphatic hydroxyl groups excluding tert-OH is 1. The second-order valence-electron chi connectivity index (χ2n) is 5.74. The molecule has 8 heteroatoms. The lowest BCUT2D eigenvalue weighted by molar-refractivity contribution is -0.117. The number of carbonyl (C=O) groups is 3. The Morgan fingerprint density at radius 3 is 2.59 bits per heavy atom. The second kappa shape index (κ2) is 9.09. The number of aromatic nitrogens is 1. The van der Waals surface area contributed by atoms with Crippen molar-refractivity contribution < 1.29 is 28.6 Å². The van der Waals surface area contributed by atoms with Gasteiger partial charge >= 0.3 is 5.97 Å². The molecule has 2 rings (SSSR count). The van der Waals surface area contributed by atoms with Gasteiger partial charge in [-0.25, -0.2) is 9.18 Å². The summed E-state index contributed by atoms with van der Waals surface area (Å²) in [4.78, 5) is 39.8. The summed E-state index contributed by atoms with van der Waals surface area (Å²) in [6, 6.07) is 5.65. The van der Waals surface area contributed by atoms with Gasteiger partial charge in [-0.2, -0.15) is 0 Å². The Hall–Kier alpha value is -3.00. The minimum absolute atomic E-state index is 0.00783. The first-order chi connectivity index (χ1) is 12.9. The van der Waals surface area contributed by atoms with E-state index >= 15 is 0 Å². The summed E-state index contributed by atoms with van der Waals surface area (Å²) in [5.74, 6) is -3.22. The van der Waals surface area contributed by atoms with Gasteiger partial charge in [-0.1, -0.05) is 18.2 Å². The van der Waals surface area contributed by atoms with Crippen molar-refractivity contribution in [3.8, 4) is 11.1 Å². The Kier molecular flexibility index (Phi) is 6.84. The van der Waals surface area contributed by atoms with E-state index in [4.69, 9.17) is 9.84 Å². The Balaban J connectivity index is 2.56. The number of Topliss-reactive ketones (excluding diaryl/α,β-unsaturated/α-hetero) is 1. The van der Waals surface area contributed by atoms with Crippen molar-refractivity contribution in [1.29, 1.82) is 0 Å². The Morgan fingerprint density at radius 2 is 1.96 bits per heavy atom. The van der Waals surface area contributed by atoms with Crippen LogP contribution in [0.15, 0.2) is 24.3 Å². The second-order valence-corrected chi connectivity index (χ2v) is 5.74. The highest BCUT2D eigenvalue weighted by Crippen LogP contribution is 2.33. The largest absolute Gasteiger partial charge is 0.462 e. The molecule has 0 aliphatic carbocycles. The van der Waals surface area contributed by atoms with Crippen molar-refractivity contribution in [2.24, 2.45) is 0 Å². The van der Waals surface area contributed by atoms with Gasteiger partial charge < -0.3 is 20.1 Å². The van der Waals surface area contributed by atoms with E-state index in [1.807, 2.05) is 0 Å². The van der Waals surface area contributed by atoms with E-state index in [0.29, 0.717) is 5.69 Å². The number of H-pyrrole nitrogens is 1. The molecule has 1 amide bonds. The molecule has 1 aromatic heterocycles. The maximum Gasteiger partial charge on any atom is 0.340 e. The summed E-state index contributed by atoms with van der Waals surface area (Å²) in [7, 11) is 0. The van der Waals surface area contributed by atoms with Crippen molar-refractivity contribution >= 4 is 17.7 Å². The van der Waals surface area contributed by atoms with E-state index in [0.717, 1.165) is 0 Å². The van der Waals surface area contributed by atoms with Crippen LogP contribution in [0.2, 0.25) is 0 Å². The first kappa shape index (κ1) is 20.3. The monoisotopic (exact) mass is 376 g/mol. The van der Waals surface area contributed by atoms with Crippen LogP contribution >= 0.6 is 0 Å². The molecule has 0 aliphatic rings. The van der Waals surface area contributed by atoms with Crippen LogP contribution < -0.4 is 5.32 Å². The third-order valence-corrected chi connectivity index (χ3v) is 3.86. The van der Waals surface area contributed by atoms with Crippen molar-refractivity contribution in [3.05, 3.63) is 47.0 Å². The number of carbonyl (C=O) groups excluding carboxylic acids is 3. The van der Waals surface area contributed by atoms with Gasteiger partial charge in [-0.15, -0.1) is 0 Å². The minimum atomic E-state index is -0.940. The van der Waals surface area contributed by atoms with Crippen LogP contribution in [0.25, 0.3) is 11.1 Å². The molecule has 144 valence electrons. The number of aryl methyl sites for hydroxylation is 1. The summed E-state index contributed by atoms with van der Waals surface area (Å²) in [5, 5.41) is 11.2. The third-order valence-electron chi connectivity index (χ3n) is 3.86. The van der Waals surface area contributed by atoms with Crippen molar-refractivity contribution in [1.82, 2.24) is 10.3 Å². The van der Waals surface area contributed by atoms with Crippen molar-refractivity contribution in [2.45, 2.75) is 20.3 Å². The fourth-order valence-electron chi connectivity index (χ4n) is 2.66. The van der Waals surface area contributed by atoms with E-state index < -0.39 is 23.5 Å². The number of amides is 1. The molecule has 2 aromatic rings. The molecule has 0 aliphatic heterocycles. The number of rotatable bonds is 8. The number of hydrogen-bond acceptors (Lipinski definition) is 5. The highest BCUT2D eigenvalue weighted by molar-refractivity contribution is 6.43. The lowest BCUT2D eigenvalue weighted by Crippen LogP contribution is -2.32. The van der Waals surface area contributed by atoms with E-state index in [1.54, 1.807) is 13.0 Å². The average Bonchev–Trinajstić information content (AvgIpc) is 2.98. The fourth-order valence-corrected chi connectivity index (χ4v) is 2.66. The van der Waals surface area contributed by atoms with Crippen molar-refractivity contribution in [3.63, 3.8) is 0 Å². The number of aliphatic hydroxyl groups is 1. The predicted octanol–water partition coefficient (Wildman–Crippen LogP) is 1.99. The predicted molar refractivity (Wildman–Crippen MR) is 95.9 cm³/mol. The number of aromatic amines is 1. The molecule has 1 aromatic carbocycles. The number of nitrogens with one attached hydrogen (secondary N) is 2. The molecule has 0 spiro atoms. The zero-order valence-electron chi connectivity index (χ0n) is 15.1. The van der Waals surface area contributed by atoms with Crippen LogP contribution in [-0.2, 0) is 9.53 Å². The molecule has 27 heavy (non-hydrogen) atoms. The molecule has 7 nitrogen and oxygen atoms in total. The lowest BCUT2D eigenvalue weighted by Gasteiger charge is -2.09. The number of halogens is 1. The minimum Gasteiger partial charge on any atom is -0.462 e. The molecule has 0 saturated heterocycles. The molecular weight excluding hydrogens is 355 g/mol. The Labute approximate surface area is 155 Å². The molecule has 0 unspecified atom stereocenters. The molecular formula is C19H21FN2O5. The molecule has 0 bridgehead atoms. The van der Waals surface area contributed by atoms with E-state index in [9.17, 15) is 18.8 Å². The first-order valence-electron chi connectivity index (χ1n) is 8.50. The lowest BCUT2D eigenvalue weighted by atomic mass is 9.98. The Morgan fingerprint density at radius 1 is 1.26 bits per heavy atom. The quantitative estimate of drug-likeness (QED) is 0.283. The van der Waals surface area contributed by atoms with E-state index in [1.165, 1.54) is 25.1 Å². The molecule has 0 saturated carbocycles. The van der Waals surface area contributed by atoms with Crippen molar-refractivity contribution in [2.75, 3.05) is 19.8 Å². The first-order valence-corrected chi connectivity index (χ1v) is 8.50. The van der Waals surface area contributed by atoms with E-state index in [2.05, 4.69) is 10.3 Å². The van der Waals surface area contributed by atoms with Crippen LogP contribution in [0.1, 0.15) is 39.9 Å². The van der Waals surface area contributed by atoms with Gasteiger partial charge in [0, 0.05) is 30.0 Å². The number of ether oxygens (including phenoxy) is 1. The summed E-state index contributed by atoms with van der Waals surface area (Å²) in [5.41, 5.74) is 0.108. The molecule has 0 fully saturated rings.